The molecule has 1 heterocycles. The molecule has 168 valence electrons. The summed E-state index contributed by atoms with van der Waals surface area (Å²) in [6, 6.07) is 0. The van der Waals surface area contributed by atoms with Crippen LogP contribution in [0.25, 0.3) is 0 Å². The summed E-state index contributed by atoms with van der Waals surface area (Å²) < 4.78 is 12.1. The van der Waals surface area contributed by atoms with Crippen LogP contribution in [0.4, 0.5) is 0 Å². The molecule has 5 aliphatic carbocycles. The molecule has 0 N–H and O–H groups in total. The molecule has 6 fully saturated rings. The van der Waals surface area contributed by atoms with Crippen LogP contribution < -0.4 is 0 Å². The second-order valence-corrected chi connectivity index (χ2v) is 12.7. The van der Waals surface area contributed by atoms with E-state index in [2.05, 4.69) is 20.8 Å². The lowest BCUT2D eigenvalue weighted by atomic mass is 9.45. The summed E-state index contributed by atoms with van der Waals surface area (Å²) in [4.78, 5) is 12.0. The second kappa shape index (κ2) is 6.49. The molecule has 0 radical (unpaired) electrons. The Kier molecular flexibility index (Phi) is 4.34. The first-order valence-electron chi connectivity index (χ1n) is 13.1. The maximum Gasteiger partial charge on any atom is 0.306 e. The highest BCUT2D eigenvalue weighted by Crippen LogP contribution is 2.82. The van der Waals surface area contributed by atoms with Gasteiger partial charge in [-0.25, -0.2) is 0 Å². The average Bonchev–Trinajstić information content (AvgIpc) is 3.24. The number of methoxy groups -OCH3 is 1. The minimum atomic E-state index is 0.0372. The van der Waals surface area contributed by atoms with E-state index >= 15 is 0 Å². The number of hydrogen-bond acceptors (Lipinski definition) is 3. The molecule has 6 aliphatic rings. The minimum absolute atomic E-state index is 0.0372. The van der Waals surface area contributed by atoms with E-state index < -0.39 is 0 Å². The molecule has 3 nitrogen and oxygen atoms in total. The Hall–Kier alpha value is -0.570. The van der Waals surface area contributed by atoms with Crippen LogP contribution in [-0.4, -0.2) is 25.3 Å². The summed E-state index contributed by atoms with van der Waals surface area (Å²) in [5.74, 6) is 4.80. The molecule has 0 aromatic carbocycles. The molecule has 0 unspecified atom stereocenters. The molecule has 1 aliphatic heterocycles. The first-order chi connectivity index (χ1) is 14.3. The summed E-state index contributed by atoms with van der Waals surface area (Å²) in [6.45, 7) is 7.69. The van der Waals surface area contributed by atoms with Crippen molar-refractivity contribution in [1.29, 1.82) is 0 Å². The van der Waals surface area contributed by atoms with E-state index in [1.807, 2.05) is 7.11 Å². The van der Waals surface area contributed by atoms with Crippen LogP contribution in [0.15, 0.2) is 0 Å². The molecule has 5 saturated carbocycles. The molecule has 1 saturated heterocycles. The molecular weight excluding hydrogens is 372 g/mol. The predicted octanol–water partition coefficient (Wildman–Crippen LogP) is 6.00. The van der Waals surface area contributed by atoms with Gasteiger partial charge >= 0.3 is 5.97 Å². The van der Waals surface area contributed by atoms with Gasteiger partial charge in [0.25, 0.3) is 0 Å². The van der Waals surface area contributed by atoms with Crippen LogP contribution in [0.3, 0.4) is 0 Å². The highest BCUT2D eigenvalue weighted by atomic mass is 16.5. The average molecular weight is 415 g/mol. The molecule has 0 amide bonds. The van der Waals surface area contributed by atoms with Crippen molar-refractivity contribution >= 4 is 5.97 Å². The molecule has 0 bridgehead atoms. The van der Waals surface area contributed by atoms with Crippen molar-refractivity contribution in [3.05, 3.63) is 0 Å². The lowest BCUT2D eigenvalue weighted by molar-refractivity contribution is -0.169. The van der Waals surface area contributed by atoms with Gasteiger partial charge in [0.2, 0.25) is 0 Å². The number of cyclic esters (lactones) is 1. The Labute approximate surface area is 183 Å². The smallest absolute Gasteiger partial charge is 0.306 e. The second-order valence-electron chi connectivity index (χ2n) is 12.7. The van der Waals surface area contributed by atoms with Crippen molar-refractivity contribution in [2.45, 2.75) is 104 Å². The summed E-state index contributed by atoms with van der Waals surface area (Å²) in [5, 5.41) is 0. The molecule has 1 spiro atoms. The van der Waals surface area contributed by atoms with E-state index in [1.54, 1.807) is 0 Å². The van der Waals surface area contributed by atoms with E-state index in [1.165, 1.54) is 51.4 Å². The van der Waals surface area contributed by atoms with Gasteiger partial charge in [-0.15, -0.1) is 0 Å². The standard InChI is InChI=1S/C27H42O3/c1-16(22-6-5-7-24(28)30-22)19-8-9-20-18-14-23(29-4)27-15-17(27)10-13-26(27,3)21(18)11-12-25(19,20)2/h16-23H,5-15H2,1-4H3/t16-,17+,18-,19+,20-,21-,22+,23+,25+,26+,27-/m0/s1. The molecular formula is C27H42O3. The normalized spacial score (nSPS) is 57.6. The van der Waals surface area contributed by atoms with Crippen molar-refractivity contribution in [2.24, 2.45) is 51.8 Å². The SMILES string of the molecule is CO[C@@H]1C[C@H]2[C@@H]3CC[C@H]([C@H](C)[C@H]4CCCC(=O)O4)[C@@]3(C)CC[C@@H]2[C@@]2(C)CC[C@@H]3C[C@]312. The van der Waals surface area contributed by atoms with E-state index in [0.717, 1.165) is 36.5 Å². The number of esters is 1. The minimum Gasteiger partial charge on any atom is -0.462 e. The monoisotopic (exact) mass is 414 g/mol. The van der Waals surface area contributed by atoms with Gasteiger partial charge in [-0.3, -0.25) is 4.79 Å². The number of carbonyl (C=O) groups is 1. The lowest BCUT2D eigenvalue weighted by Gasteiger charge is -2.61. The maximum absolute atomic E-state index is 12.0. The zero-order chi connectivity index (χ0) is 20.9. The van der Waals surface area contributed by atoms with E-state index in [9.17, 15) is 4.79 Å². The number of fused-ring (bicyclic) bond motifs is 4. The zero-order valence-corrected chi connectivity index (χ0v) is 19.6. The van der Waals surface area contributed by atoms with Gasteiger partial charge in [-0.1, -0.05) is 20.8 Å². The highest BCUT2D eigenvalue weighted by Gasteiger charge is 2.77. The summed E-state index contributed by atoms with van der Waals surface area (Å²) in [6.07, 6.45) is 14.6. The molecule has 0 aromatic rings. The van der Waals surface area contributed by atoms with Gasteiger partial charge in [0.1, 0.15) is 6.10 Å². The van der Waals surface area contributed by atoms with E-state index in [4.69, 9.17) is 9.47 Å². The van der Waals surface area contributed by atoms with Gasteiger partial charge in [-0.05, 0) is 111 Å². The zero-order valence-electron chi connectivity index (χ0n) is 19.6. The third-order valence-electron chi connectivity index (χ3n) is 12.3. The third kappa shape index (κ3) is 2.34. The Bertz CT molecular complexity index is 734. The van der Waals surface area contributed by atoms with E-state index in [-0.39, 0.29) is 12.1 Å². The van der Waals surface area contributed by atoms with Crippen LogP contribution in [0.2, 0.25) is 0 Å². The number of ether oxygens (including phenoxy) is 2. The van der Waals surface area contributed by atoms with E-state index in [0.29, 0.717) is 40.6 Å². The topological polar surface area (TPSA) is 35.5 Å². The van der Waals surface area contributed by atoms with Gasteiger partial charge in [0.05, 0.1) is 6.10 Å². The molecule has 30 heavy (non-hydrogen) atoms. The van der Waals surface area contributed by atoms with Crippen LogP contribution in [0.5, 0.6) is 0 Å². The van der Waals surface area contributed by atoms with Crippen molar-refractivity contribution < 1.29 is 14.3 Å². The molecule has 3 heteroatoms. The van der Waals surface area contributed by atoms with Crippen molar-refractivity contribution in [2.75, 3.05) is 7.11 Å². The molecule has 6 rings (SSSR count). The Balaban J connectivity index is 1.27. The number of rotatable bonds is 3. The summed E-state index contributed by atoms with van der Waals surface area (Å²) in [5.41, 5.74) is 1.47. The fourth-order valence-corrected chi connectivity index (χ4v) is 10.8. The third-order valence-corrected chi connectivity index (χ3v) is 12.3. The maximum atomic E-state index is 12.0. The van der Waals surface area contributed by atoms with Gasteiger partial charge in [0.15, 0.2) is 0 Å². The molecule has 0 aromatic heterocycles. The van der Waals surface area contributed by atoms with Crippen LogP contribution in [-0.2, 0) is 14.3 Å². The lowest BCUT2D eigenvalue weighted by Crippen LogP contribution is -2.57. The Morgan fingerprint density at radius 3 is 2.63 bits per heavy atom. The first kappa shape index (κ1) is 20.1. The number of carbonyl (C=O) groups excluding carboxylic acids is 1. The largest absolute Gasteiger partial charge is 0.462 e. The predicted molar refractivity (Wildman–Crippen MR) is 117 cm³/mol. The Morgan fingerprint density at radius 1 is 1.07 bits per heavy atom. The van der Waals surface area contributed by atoms with Crippen LogP contribution >= 0.6 is 0 Å². The van der Waals surface area contributed by atoms with Crippen LogP contribution in [0, 0.1) is 51.8 Å². The quantitative estimate of drug-likeness (QED) is 0.531. The molecule has 11 atom stereocenters. The summed E-state index contributed by atoms with van der Waals surface area (Å²) in [7, 11) is 1.99. The van der Waals surface area contributed by atoms with Crippen molar-refractivity contribution in [3.8, 4) is 0 Å². The Morgan fingerprint density at radius 2 is 1.90 bits per heavy atom. The fraction of sp³-hybridized carbons (Fsp3) is 0.963. The highest BCUT2D eigenvalue weighted by molar-refractivity contribution is 5.70. The van der Waals surface area contributed by atoms with Crippen molar-refractivity contribution in [3.63, 3.8) is 0 Å². The number of hydrogen-bond donors (Lipinski definition) is 0. The van der Waals surface area contributed by atoms with Gasteiger partial charge in [0, 0.05) is 18.9 Å². The fourth-order valence-electron chi connectivity index (χ4n) is 10.8. The van der Waals surface area contributed by atoms with Crippen LogP contribution in [0.1, 0.15) is 91.4 Å². The van der Waals surface area contributed by atoms with Gasteiger partial charge in [-0.2, -0.15) is 0 Å². The van der Waals surface area contributed by atoms with Gasteiger partial charge < -0.3 is 9.47 Å². The first-order valence-corrected chi connectivity index (χ1v) is 13.1. The van der Waals surface area contributed by atoms with Crippen molar-refractivity contribution in [1.82, 2.24) is 0 Å². The summed E-state index contributed by atoms with van der Waals surface area (Å²) >= 11 is 0.